The third-order valence-electron chi connectivity index (χ3n) is 2.60. The molecule has 0 saturated heterocycles. The molecular formula is C11H14N2OS. The van der Waals surface area contributed by atoms with Crippen LogP contribution in [0.2, 0.25) is 0 Å². The Morgan fingerprint density at radius 1 is 1.53 bits per heavy atom. The maximum atomic E-state index is 9.43. The first-order chi connectivity index (χ1) is 7.08. The van der Waals surface area contributed by atoms with Crippen LogP contribution < -0.4 is 10.2 Å². The van der Waals surface area contributed by atoms with Crippen LogP contribution in [-0.2, 0) is 0 Å². The van der Waals surface area contributed by atoms with Crippen molar-refractivity contribution in [1.82, 2.24) is 0 Å². The number of rotatable bonds is 0. The zero-order valence-corrected chi connectivity index (χ0v) is 9.64. The van der Waals surface area contributed by atoms with E-state index in [1.54, 1.807) is 12.1 Å². The van der Waals surface area contributed by atoms with E-state index < -0.39 is 0 Å². The molecule has 0 amide bonds. The zero-order valence-electron chi connectivity index (χ0n) is 8.82. The van der Waals surface area contributed by atoms with Gasteiger partial charge in [-0.05, 0) is 19.1 Å². The highest BCUT2D eigenvalue weighted by Gasteiger charge is 2.19. The Kier molecular flexibility index (Phi) is 2.52. The SMILES string of the molecule is CC1CC(=S)N(C)c2ccc(O)cc2N1. The number of phenolic OH excluding ortho intramolecular Hbond substituents is 1. The fraction of sp³-hybridized carbons (Fsp3) is 0.364. The fourth-order valence-electron chi connectivity index (χ4n) is 1.78. The Morgan fingerprint density at radius 3 is 3.00 bits per heavy atom. The minimum absolute atomic E-state index is 0.273. The molecule has 0 aliphatic carbocycles. The number of aromatic hydroxyl groups is 1. The highest BCUT2D eigenvalue weighted by molar-refractivity contribution is 7.80. The molecule has 2 rings (SSSR count). The quantitative estimate of drug-likeness (QED) is 0.661. The number of anilines is 2. The Hall–Kier alpha value is -1.29. The molecule has 1 aromatic carbocycles. The molecule has 15 heavy (non-hydrogen) atoms. The Balaban J connectivity index is 2.49. The number of nitrogens with zero attached hydrogens (tertiary/aromatic N) is 1. The predicted molar refractivity (Wildman–Crippen MR) is 66.8 cm³/mol. The second kappa shape index (κ2) is 3.70. The minimum atomic E-state index is 0.273. The summed E-state index contributed by atoms with van der Waals surface area (Å²) in [4.78, 5) is 2.90. The van der Waals surface area contributed by atoms with Crippen LogP contribution in [0.3, 0.4) is 0 Å². The van der Waals surface area contributed by atoms with Gasteiger partial charge in [0, 0.05) is 25.6 Å². The van der Waals surface area contributed by atoms with Gasteiger partial charge in [-0.3, -0.25) is 0 Å². The van der Waals surface area contributed by atoms with Crippen LogP contribution in [0.25, 0.3) is 0 Å². The number of phenols is 1. The monoisotopic (exact) mass is 222 g/mol. The second-order valence-electron chi connectivity index (χ2n) is 3.90. The maximum Gasteiger partial charge on any atom is 0.117 e. The number of hydrogen-bond donors (Lipinski definition) is 2. The lowest BCUT2D eigenvalue weighted by Gasteiger charge is -2.19. The molecule has 1 heterocycles. The van der Waals surface area contributed by atoms with Gasteiger partial charge in [-0.15, -0.1) is 0 Å². The van der Waals surface area contributed by atoms with Crippen molar-refractivity contribution in [3.63, 3.8) is 0 Å². The van der Waals surface area contributed by atoms with E-state index in [-0.39, 0.29) is 5.75 Å². The van der Waals surface area contributed by atoms with Crippen LogP contribution in [0.5, 0.6) is 5.75 Å². The predicted octanol–water partition coefficient (Wildman–Crippen LogP) is 2.36. The van der Waals surface area contributed by atoms with E-state index in [0.29, 0.717) is 6.04 Å². The van der Waals surface area contributed by atoms with E-state index in [0.717, 1.165) is 22.8 Å². The first-order valence-corrected chi connectivity index (χ1v) is 5.35. The Labute approximate surface area is 94.7 Å². The lowest BCUT2D eigenvalue weighted by molar-refractivity contribution is 0.475. The van der Waals surface area contributed by atoms with Crippen molar-refractivity contribution in [1.29, 1.82) is 0 Å². The number of benzene rings is 1. The molecule has 0 radical (unpaired) electrons. The average molecular weight is 222 g/mol. The molecule has 80 valence electrons. The van der Waals surface area contributed by atoms with Crippen molar-refractivity contribution in [2.45, 2.75) is 19.4 Å². The van der Waals surface area contributed by atoms with Crippen LogP contribution in [0.15, 0.2) is 18.2 Å². The van der Waals surface area contributed by atoms with Gasteiger partial charge in [0.1, 0.15) is 5.75 Å². The zero-order chi connectivity index (χ0) is 11.0. The van der Waals surface area contributed by atoms with Gasteiger partial charge in [0.05, 0.1) is 16.4 Å². The van der Waals surface area contributed by atoms with E-state index in [9.17, 15) is 5.11 Å². The van der Waals surface area contributed by atoms with Crippen molar-refractivity contribution in [2.24, 2.45) is 0 Å². The molecule has 1 aliphatic rings. The summed E-state index contributed by atoms with van der Waals surface area (Å²) >= 11 is 5.32. The van der Waals surface area contributed by atoms with Crippen molar-refractivity contribution >= 4 is 28.6 Å². The number of thiocarbonyl (C=S) groups is 1. The van der Waals surface area contributed by atoms with Crippen molar-refractivity contribution in [2.75, 3.05) is 17.3 Å². The van der Waals surface area contributed by atoms with Crippen LogP contribution >= 0.6 is 12.2 Å². The topological polar surface area (TPSA) is 35.5 Å². The molecule has 2 N–H and O–H groups in total. The summed E-state index contributed by atoms with van der Waals surface area (Å²) in [7, 11) is 1.96. The first kappa shape index (κ1) is 10.2. The van der Waals surface area contributed by atoms with Gasteiger partial charge in [-0.2, -0.15) is 0 Å². The highest BCUT2D eigenvalue weighted by Crippen LogP contribution is 2.32. The third kappa shape index (κ3) is 1.90. The summed E-state index contributed by atoms with van der Waals surface area (Å²) in [6.45, 7) is 2.08. The number of hydrogen-bond acceptors (Lipinski definition) is 3. The lowest BCUT2D eigenvalue weighted by Crippen LogP contribution is -2.25. The smallest absolute Gasteiger partial charge is 0.117 e. The van der Waals surface area contributed by atoms with E-state index in [1.165, 1.54) is 0 Å². The summed E-state index contributed by atoms with van der Waals surface area (Å²) in [6.07, 6.45) is 0.835. The van der Waals surface area contributed by atoms with E-state index in [4.69, 9.17) is 12.2 Å². The molecule has 0 spiro atoms. The highest BCUT2D eigenvalue weighted by atomic mass is 32.1. The normalized spacial score (nSPS) is 20.5. The number of fused-ring (bicyclic) bond motifs is 1. The molecule has 3 nitrogen and oxygen atoms in total. The van der Waals surface area contributed by atoms with Crippen molar-refractivity contribution in [3.05, 3.63) is 18.2 Å². The summed E-state index contributed by atoms with van der Waals surface area (Å²) in [5.74, 6) is 0.273. The Morgan fingerprint density at radius 2 is 2.27 bits per heavy atom. The molecular weight excluding hydrogens is 208 g/mol. The van der Waals surface area contributed by atoms with Gasteiger partial charge < -0.3 is 15.3 Å². The van der Waals surface area contributed by atoms with Crippen LogP contribution in [0.1, 0.15) is 13.3 Å². The minimum Gasteiger partial charge on any atom is -0.508 e. The van der Waals surface area contributed by atoms with Crippen molar-refractivity contribution < 1.29 is 5.11 Å². The molecule has 1 aromatic rings. The van der Waals surface area contributed by atoms with Crippen LogP contribution in [-0.4, -0.2) is 23.2 Å². The standard InChI is InChI=1S/C11H14N2OS/c1-7-5-11(15)13(2)10-4-3-8(14)6-9(10)12-7/h3-4,6-7,12,14H,5H2,1-2H3. The lowest BCUT2D eigenvalue weighted by atomic mass is 10.2. The summed E-state index contributed by atoms with van der Waals surface area (Å²) < 4.78 is 0. The summed E-state index contributed by atoms with van der Waals surface area (Å²) in [5.41, 5.74) is 1.95. The number of nitrogens with one attached hydrogen (secondary N) is 1. The maximum absolute atomic E-state index is 9.43. The molecule has 1 aliphatic heterocycles. The molecule has 0 saturated carbocycles. The van der Waals surface area contributed by atoms with E-state index in [1.807, 2.05) is 18.0 Å². The molecule has 1 atom stereocenters. The van der Waals surface area contributed by atoms with Gasteiger partial charge in [-0.1, -0.05) is 12.2 Å². The fourth-order valence-corrected chi connectivity index (χ4v) is 2.13. The second-order valence-corrected chi connectivity index (χ2v) is 4.37. The van der Waals surface area contributed by atoms with Gasteiger partial charge in [0.15, 0.2) is 0 Å². The summed E-state index contributed by atoms with van der Waals surface area (Å²) in [6, 6.07) is 5.58. The third-order valence-corrected chi connectivity index (χ3v) is 3.04. The Bertz CT molecular complexity index is 406. The van der Waals surface area contributed by atoms with E-state index >= 15 is 0 Å². The molecule has 0 bridgehead atoms. The van der Waals surface area contributed by atoms with Crippen LogP contribution in [0, 0.1) is 0 Å². The average Bonchev–Trinajstić information content (AvgIpc) is 2.25. The van der Waals surface area contributed by atoms with E-state index in [2.05, 4.69) is 12.2 Å². The first-order valence-electron chi connectivity index (χ1n) is 4.94. The molecule has 0 fully saturated rings. The summed E-state index contributed by atoms with van der Waals surface area (Å²) in [5, 5.41) is 12.8. The van der Waals surface area contributed by atoms with Gasteiger partial charge in [0.2, 0.25) is 0 Å². The largest absolute Gasteiger partial charge is 0.508 e. The molecule has 0 aromatic heterocycles. The van der Waals surface area contributed by atoms with Gasteiger partial charge in [-0.25, -0.2) is 0 Å². The molecule has 4 heteroatoms. The van der Waals surface area contributed by atoms with Crippen LogP contribution in [0.4, 0.5) is 11.4 Å². The van der Waals surface area contributed by atoms with Crippen molar-refractivity contribution in [3.8, 4) is 5.75 Å². The van der Waals surface area contributed by atoms with Gasteiger partial charge >= 0.3 is 0 Å². The van der Waals surface area contributed by atoms with Gasteiger partial charge in [0.25, 0.3) is 0 Å². The molecule has 1 unspecified atom stereocenters.